The van der Waals surface area contributed by atoms with Crippen molar-refractivity contribution in [1.82, 2.24) is 0 Å². The van der Waals surface area contributed by atoms with E-state index in [1.165, 1.54) is 30.3 Å². The van der Waals surface area contributed by atoms with Gasteiger partial charge in [-0.25, -0.2) is 19.2 Å². The second-order valence-electron chi connectivity index (χ2n) is 12.0. The summed E-state index contributed by atoms with van der Waals surface area (Å²) in [5.41, 5.74) is 4.58. The number of rotatable bonds is 15. The second-order valence-corrected chi connectivity index (χ2v) is 12.0. The Labute approximate surface area is 317 Å². The Balaban J connectivity index is 0.999. The maximum Gasteiger partial charge on any atom is 0.337 e. The van der Waals surface area contributed by atoms with E-state index < -0.39 is 29.8 Å². The highest BCUT2D eigenvalue weighted by Crippen LogP contribution is 2.30. The van der Waals surface area contributed by atoms with Gasteiger partial charge < -0.3 is 35.2 Å². The molecule has 14 heteroatoms. The van der Waals surface area contributed by atoms with Crippen molar-refractivity contribution in [3.63, 3.8) is 0 Å². The van der Waals surface area contributed by atoms with E-state index in [2.05, 4.69) is 10.8 Å². The minimum atomic E-state index is -1.32. The minimum absolute atomic E-state index is 0.0178. The first-order valence-corrected chi connectivity index (χ1v) is 16.6. The molecule has 0 saturated carbocycles. The molecule has 0 unspecified atom stereocenters. The summed E-state index contributed by atoms with van der Waals surface area (Å²) in [6, 6.07) is 35.0. The van der Waals surface area contributed by atoms with Crippen LogP contribution in [0.3, 0.4) is 0 Å². The van der Waals surface area contributed by atoms with Crippen LogP contribution in [0.4, 0.5) is 11.4 Å². The molecule has 0 spiro atoms. The van der Waals surface area contributed by atoms with Gasteiger partial charge >= 0.3 is 23.9 Å². The Morgan fingerprint density at radius 2 is 0.839 bits per heavy atom. The van der Waals surface area contributed by atoms with Crippen LogP contribution in [-0.4, -0.2) is 50.2 Å². The van der Waals surface area contributed by atoms with Crippen molar-refractivity contribution in [3.8, 4) is 34.1 Å². The van der Waals surface area contributed by atoms with E-state index in [9.17, 15) is 44.4 Å². The van der Waals surface area contributed by atoms with Gasteiger partial charge in [-0.3, -0.25) is 15.1 Å². The van der Waals surface area contributed by atoms with Crippen LogP contribution in [0.1, 0.15) is 57.4 Å². The lowest BCUT2D eigenvalue weighted by Crippen LogP contribution is -2.15. The number of ether oxygens (including phenoxy) is 2. The predicted octanol–water partition coefficient (Wildman–Crippen LogP) is 8.53. The van der Waals surface area contributed by atoms with Crippen LogP contribution in [-0.2, 0) is 11.4 Å². The van der Waals surface area contributed by atoms with E-state index in [1.807, 2.05) is 36.4 Å². The molecule has 0 heterocycles. The normalized spacial score (nSPS) is 10.6. The van der Waals surface area contributed by atoms with E-state index in [-0.39, 0.29) is 45.8 Å². The fourth-order valence-electron chi connectivity index (χ4n) is 5.34. The first kappa shape index (κ1) is 37.8. The zero-order valence-electron chi connectivity index (χ0n) is 29.0. The Bertz CT molecular complexity index is 2430. The third kappa shape index (κ3) is 9.33. The number of benzene rings is 6. The molecule has 6 N–H and O–H groups in total. The van der Waals surface area contributed by atoms with Gasteiger partial charge in [-0.05, 0) is 114 Å². The first-order valence-electron chi connectivity index (χ1n) is 16.6. The SMILES string of the molecule is O=C(O)c1ccc(C(=O)O)c(NOCc2ccc(Oc3ccc(-c4ccc(Oc5ccc(C(=O)Nc6cc(C(=O)O)ccc6C(=O)O)cc5)cc4)cc3)cc2)c1. The van der Waals surface area contributed by atoms with Crippen molar-refractivity contribution < 1.29 is 58.7 Å². The number of carboxylic acid groups (broad SMARTS) is 4. The Morgan fingerprint density at radius 3 is 1.29 bits per heavy atom. The van der Waals surface area contributed by atoms with Gasteiger partial charge in [0.1, 0.15) is 23.0 Å². The third-order valence-electron chi connectivity index (χ3n) is 8.22. The molecular weight excluding hydrogens is 724 g/mol. The van der Waals surface area contributed by atoms with Gasteiger partial charge in [0.15, 0.2) is 0 Å². The molecule has 280 valence electrons. The molecule has 14 nitrogen and oxygen atoms in total. The summed E-state index contributed by atoms with van der Waals surface area (Å²) in [4.78, 5) is 63.9. The summed E-state index contributed by atoms with van der Waals surface area (Å²) >= 11 is 0. The summed E-state index contributed by atoms with van der Waals surface area (Å²) in [6.07, 6.45) is 0. The van der Waals surface area contributed by atoms with Crippen molar-refractivity contribution in [1.29, 1.82) is 0 Å². The summed E-state index contributed by atoms with van der Waals surface area (Å²) in [5, 5.41) is 39.7. The quantitative estimate of drug-likeness (QED) is 0.0542. The molecule has 0 aliphatic heterocycles. The summed E-state index contributed by atoms with van der Waals surface area (Å²) in [7, 11) is 0. The highest BCUT2D eigenvalue weighted by Gasteiger charge is 2.17. The Kier molecular flexibility index (Phi) is 11.3. The fraction of sp³-hybridized carbons (Fsp3) is 0.0238. The van der Waals surface area contributed by atoms with E-state index in [1.54, 1.807) is 48.5 Å². The van der Waals surface area contributed by atoms with Crippen molar-refractivity contribution >= 4 is 41.2 Å². The largest absolute Gasteiger partial charge is 0.478 e. The van der Waals surface area contributed by atoms with Crippen LogP contribution in [0, 0.1) is 0 Å². The molecule has 1 amide bonds. The number of amides is 1. The Morgan fingerprint density at radius 1 is 0.446 bits per heavy atom. The molecule has 56 heavy (non-hydrogen) atoms. The van der Waals surface area contributed by atoms with E-state index in [0.29, 0.717) is 23.0 Å². The lowest BCUT2D eigenvalue weighted by molar-refractivity contribution is 0.0680. The summed E-state index contributed by atoms with van der Waals surface area (Å²) < 4.78 is 11.9. The molecule has 0 radical (unpaired) electrons. The molecule has 0 aliphatic carbocycles. The molecule has 6 aromatic carbocycles. The van der Waals surface area contributed by atoms with E-state index in [0.717, 1.165) is 34.9 Å². The zero-order valence-corrected chi connectivity index (χ0v) is 29.0. The average molecular weight is 755 g/mol. The molecule has 0 fully saturated rings. The summed E-state index contributed by atoms with van der Waals surface area (Å²) in [6.45, 7) is 0.0625. The van der Waals surface area contributed by atoms with Crippen molar-refractivity contribution in [2.75, 3.05) is 10.8 Å². The molecule has 0 atom stereocenters. The number of aromatic carboxylic acids is 4. The maximum atomic E-state index is 12.8. The number of carboxylic acids is 4. The highest BCUT2D eigenvalue weighted by molar-refractivity contribution is 6.08. The van der Waals surface area contributed by atoms with Gasteiger partial charge in [-0.2, -0.15) is 0 Å². The molecular formula is C42H30N2O12. The lowest BCUT2D eigenvalue weighted by atomic mass is 10.1. The van der Waals surface area contributed by atoms with Gasteiger partial charge in [-0.15, -0.1) is 0 Å². The van der Waals surface area contributed by atoms with Crippen LogP contribution in [0.2, 0.25) is 0 Å². The number of carbonyl (C=O) groups excluding carboxylic acids is 1. The zero-order chi connectivity index (χ0) is 39.8. The molecule has 6 rings (SSSR count). The number of hydrogen-bond donors (Lipinski definition) is 6. The second kappa shape index (κ2) is 16.8. The number of carbonyl (C=O) groups is 5. The van der Waals surface area contributed by atoms with Gasteiger partial charge in [0.05, 0.1) is 40.2 Å². The smallest absolute Gasteiger partial charge is 0.337 e. The fourth-order valence-corrected chi connectivity index (χ4v) is 5.34. The monoisotopic (exact) mass is 754 g/mol. The maximum absolute atomic E-state index is 12.8. The highest BCUT2D eigenvalue weighted by atomic mass is 16.6. The van der Waals surface area contributed by atoms with Crippen LogP contribution in [0.15, 0.2) is 133 Å². The third-order valence-corrected chi connectivity index (χ3v) is 8.22. The van der Waals surface area contributed by atoms with Crippen molar-refractivity contribution in [2.45, 2.75) is 6.61 Å². The topological polar surface area (TPSA) is 218 Å². The van der Waals surface area contributed by atoms with Crippen LogP contribution in [0.5, 0.6) is 23.0 Å². The number of nitrogens with one attached hydrogen (secondary N) is 2. The van der Waals surface area contributed by atoms with E-state index in [4.69, 9.17) is 14.3 Å². The van der Waals surface area contributed by atoms with Crippen molar-refractivity contribution in [2.24, 2.45) is 0 Å². The number of hydrogen-bond acceptors (Lipinski definition) is 9. The van der Waals surface area contributed by atoms with Gasteiger partial charge in [0.2, 0.25) is 0 Å². The summed E-state index contributed by atoms with van der Waals surface area (Å²) in [5.74, 6) is -3.46. The Hall–Kier alpha value is -7.97. The standard InChI is InChI=1S/C42H30N2O12/c45-38(43-36-21-28(39(46)47)9-19-34(36)41(50)51)27-7-17-33(18-8-27)56-32-15-5-26(6-16-32)25-3-13-31(14-4-25)55-30-11-1-24(2-12-30)23-54-44-37-22-29(40(48)49)10-20-35(37)42(52)53/h1-22,44H,23H2,(H,43,45)(H,46,47)(H,48,49)(H,50,51)(H,52,53). The van der Waals surface area contributed by atoms with Gasteiger partial charge in [-0.1, -0.05) is 36.4 Å². The first-order chi connectivity index (χ1) is 26.9. The van der Waals surface area contributed by atoms with Crippen LogP contribution < -0.4 is 20.3 Å². The molecule has 0 aromatic heterocycles. The van der Waals surface area contributed by atoms with Crippen LogP contribution >= 0.6 is 0 Å². The van der Waals surface area contributed by atoms with E-state index >= 15 is 0 Å². The van der Waals surface area contributed by atoms with Crippen LogP contribution in [0.25, 0.3) is 11.1 Å². The lowest BCUT2D eigenvalue weighted by Gasteiger charge is -2.12. The molecule has 0 bridgehead atoms. The number of anilines is 2. The molecule has 6 aromatic rings. The van der Waals surface area contributed by atoms with Gasteiger partial charge in [0.25, 0.3) is 5.91 Å². The van der Waals surface area contributed by atoms with Gasteiger partial charge in [0, 0.05) is 5.56 Å². The van der Waals surface area contributed by atoms with Crippen molar-refractivity contribution in [3.05, 3.63) is 167 Å². The molecule has 0 aliphatic rings. The predicted molar refractivity (Wildman–Crippen MR) is 202 cm³/mol. The molecule has 0 saturated heterocycles. The average Bonchev–Trinajstić information content (AvgIpc) is 3.19. The minimum Gasteiger partial charge on any atom is -0.478 e.